The maximum absolute atomic E-state index is 12.1. The average Bonchev–Trinajstić information content (AvgIpc) is 2.39. The van der Waals surface area contributed by atoms with Crippen LogP contribution in [0.1, 0.15) is 49.9 Å². The van der Waals surface area contributed by atoms with Gasteiger partial charge in [0.05, 0.1) is 5.56 Å². The van der Waals surface area contributed by atoms with Crippen LogP contribution >= 0.6 is 0 Å². The van der Waals surface area contributed by atoms with Crippen LogP contribution in [0.3, 0.4) is 0 Å². The minimum absolute atomic E-state index is 0.0935. The predicted molar refractivity (Wildman–Crippen MR) is 77.1 cm³/mol. The van der Waals surface area contributed by atoms with Gasteiger partial charge in [-0.05, 0) is 31.6 Å². The smallest absolute Gasteiger partial charge is 0.299 e. The van der Waals surface area contributed by atoms with Crippen molar-refractivity contribution >= 4 is 5.78 Å². The van der Waals surface area contributed by atoms with E-state index < -0.39 is 5.56 Å². The highest BCUT2D eigenvalue weighted by atomic mass is 16.2. The Morgan fingerprint density at radius 1 is 1.35 bits per heavy atom. The van der Waals surface area contributed by atoms with E-state index in [1.165, 1.54) is 37.6 Å². The molecule has 1 aromatic heterocycles. The summed E-state index contributed by atoms with van der Waals surface area (Å²) in [6, 6.07) is 0. The minimum Gasteiger partial charge on any atom is -0.299 e. The first-order chi connectivity index (χ1) is 9.40. The van der Waals surface area contributed by atoms with Gasteiger partial charge in [-0.25, -0.2) is 4.79 Å². The van der Waals surface area contributed by atoms with Crippen LogP contribution in [0.2, 0.25) is 0 Å². The number of aromatic nitrogens is 2. The van der Waals surface area contributed by atoms with Gasteiger partial charge in [0.1, 0.15) is 0 Å². The van der Waals surface area contributed by atoms with Crippen LogP contribution in [0.4, 0.5) is 0 Å². The highest BCUT2D eigenvalue weighted by Gasteiger charge is 2.21. The Balaban J connectivity index is 2.34. The van der Waals surface area contributed by atoms with E-state index in [0.717, 1.165) is 17.4 Å². The Hall–Kier alpha value is -1.65. The summed E-state index contributed by atoms with van der Waals surface area (Å²) in [5.41, 5.74) is -0.745. The van der Waals surface area contributed by atoms with Gasteiger partial charge in [-0.2, -0.15) is 0 Å². The first kappa shape index (κ1) is 14.8. The third kappa shape index (κ3) is 2.92. The number of hydrogen-bond donors (Lipinski definition) is 0. The molecule has 0 radical (unpaired) electrons. The van der Waals surface area contributed by atoms with Crippen molar-refractivity contribution in [2.24, 2.45) is 18.9 Å². The molecule has 0 N–H and O–H groups in total. The molecule has 5 nitrogen and oxygen atoms in total. The van der Waals surface area contributed by atoms with E-state index >= 15 is 0 Å². The van der Waals surface area contributed by atoms with Gasteiger partial charge in [-0.3, -0.25) is 18.7 Å². The zero-order valence-corrected chi connectivity index (χ0v) is 12.4. The molecular weight excluding hydrogens is 256 g/mol. The van der Waals surface area contributed by atoms with Crippen LogP contribution in [0.5, 0.6) is 0 Å². The normalized spacial score (nSPS) is 22.8. The summed E-state index contributed by atoms with van der Waals surface area (Å²) in [5, 5.41) is 0. The van der Waals surface area contributed by atoms with Gasteiger partial charge < -0.3 is 0 Å². The van der Waals surface area contributed by atoms with E-state index in [1.54, 1.807) is 0 Å². The standard InChI is InChI=1S/C15H22N2O3/c1-10-5-4-6-12(7-10)8-17-9-13(11(2)18)14(19)16(3)15(17)20/h9-10,12H,4-8H2,1-3H3. The molecule has 5 heteroatoms. The Labute approximate surface area is 118 Å². The van der Waals surface area contributed by atoms with Crippen molar-refractivity contribution in [1.82, 2.24) is 9.13 Å². The summed E-state index contributed by atoms with van der Waals surface area (Å²) in [7, 11) is 1.43. The quantitative estimate of drug-likeness (QED) is 0.789. The number of carbonyl (C=O) groups excluding carboxylic acids is 1. The summed E-state index contributed by atoms with van der Waals surface area (Å²) in [4.78, 5) is 35.5. The summed E-state index contributed by atoms with van der Waals surface area (Å²) in [5.74, 6) is 0.842. The van der Waals surface area contributed by atoms with Gasteiger partial charge in [-0.1, -0.05) is 19.8 Å². The molecule has 1 saturated carbocycles. The van der Waals surface area contributed by atoms with Crippen molar-refractivity contribution < 1.29 is 4.79 Å². The van der Waals surface area contributed by atoms with Crippen molar-refractivity contribution in [3.05, 3.63) is 32.6 Å². The SMILES string of the molecule is CC(=O)c1cn(CC2CCCC(C)C2)c(=O)n(C)c1=O. The third-order valence-corrected chi connectivity index (χ3v) is 4.23. The molecule has 0 amide bonds. The molecule has 110 valence electrons. The number of nitrogens with zero attached hydrogens (tertiary/aromatic N) is 2. The van der Waals surface area contributed by atoms with E-state index in [9.17, 15) is 14.4 Å². The number of hydrogen-bond acceptors (Lipinski definition) is 3. The molecule has 1 aliphatic rings. The van der Waals surface area contributed by atoms with Crippen LogP contribution in [-0.2, 0) is 13.6 Å². The summed E-state index contributed by atoms with van der Waals surface area (Å²) in [6.07, 6.45) is 6.08. The van der Waals surface area contributed by atoms with E-state index in [0.29, 0.717) is 18.4 Å². The molecule has 20 heavy (non-hydrogen) atoms. The van der Waals surface area contributed by atoms with Gasteiger partial charge in [0.2, 0.25) is 0 Å². The lowest BCUT2D eigenvalue weighted by molar-refractivity contribution is 0.101. The van der Waals surface area contributed by atoms with E-state index in [1.807, 2.05) is 0 Å². The number of rotatable bonds is 3. The highest BCUT2D eigenvalue weighted by molar-refractivity contribution is 5.93. The van der Waals surface area contributed by atoms with Crippen LogP contribution in [0, 0.1) is 11.8 Å². The monoisotopic (exact) mass is 278 g/mol. The molecule has 0 bridgehead atoms. The van der Waals surface area contributed by atoms with Gasteiger partial charge in [0, 0.05) is 19.8 Å². The molecule has 0 spiro atoms. The molecular formula is C15H22N2O3. The molecule has 1 heterocycles. The molecule has 2 atom stereocenters. The zero-order chi connectivity index (χ0) is 14.9. The van der Waals surface area contributed by atoms with Crippen molar-refractivity contribution in [3.63, 3.8) is 0 Å². The number of Topliss-reactive ketones (excluding diaryl/α,β-unsaturated/α-hetero) is 1. The van der Waals surface area contributed by atoms with Gasteiger partial charge in [-0.15, -0.1) is 0 Å². The molecule has 2 rings (SSSR count). The second-order valence-corrected chi connectivity index (χ2v) is 6.04. The second-order valence-electron chi connectivity index (χ2n) is 6.04. The van der Waals surface area contributed by atoms with Crippen LogP contribution < -0.4 is 11.2 Å². The van der Waals surface area contributed by atoms with Crippen molar-refractivity contribution in [1.29, 1.82) is 0 Å². The van der Waals surface area contributed by atoms with Gasteiger partial charge in [0.25, 0.3) is 5.56 Å². The molecule has 2 unspecified atom stereocenters. The lowest BCUT2D eigenvalue weighted by atomic mass is 9.82. The first-order valence-corrected chi connectivity index (χ1v) is 7.21. The molecule has 0 saturated heterocycles. The highest BCUT2D eigenvalue weighted by Crippen LogP contribution is 2.29. The molecule has 1 aliphatic carbocycles. The lowest BCUT2D eigenvalue weighted by Gasteiger charge is -2.27. The first-order valence-electron chi connectivity index (χ1n) is 7.21. The largest absolute Gasteiger partial charge is 0.330 e. The van der Waals surface area contributed by atoms with Gasteiger partial charge in [0.15, 0.2) is 5.78 Å². The average molecular weight is 278 g/mol. The Morgan fingerprint density at radius 3 is 2.65 bits per heavy atom. The van der Waals surface area contributed by atoms with E-state index in [2.05, 4.69) is 6.92 Å². The Bertz CT molecular complexity index is 627. The third-order valence-electron chi connectivity index (χ3n) is 4.23. The van der Waals surface area contributed by atoms with Crippen molar-refractivity contribution in [2.45, 2.75) is 46.1 Å². The Kier molecular flexibility index (Phi) is 4.26. The fourth-order valence-corrected chi connectivity index (χ4v) is 3.10. The van der Waals surface area contributed by atoms with Crippen LogP contribution in [0.15, 0.2) is 15.8 Å². The Morgan fingerprint density at radius 2 is 2.05 bits per heavy atom. The molecule has 0 aromatic carbocycles. The summed E-state index contributed by atoms with van der Waals surface area (Å²) < 4.78 is 2.56. The summed E-state index contributed by atoms with van der Waals surface area (Å²) in [6.45, 7) is 4.18. The fourth-order valence-electron chi connectivity index (χ4n) is 3.10. The van der Waals surface area contributed by atoms with Gasteiger partial charge >= 0.3 is 5.69 Å². The maximum atomic E-state index is 12.1. The van der Waals surface area contributed by atoms with Crippen LogP contribution in [-0.4, -0.2) is 14.9 Å². The second kappa shape index (κ2) is 5.77. The van der Waals surface area contributed by atoms with Crippen molar-refractivity contribution in [3.8, 4) is 0 Å². The molecule has 0 aliphatic heterocycles. The van der Waals surface area contributed by atoms with E-state index in [-0.39, 0.29) is 17.0 Å². The maximum Gasteiger partial charge on any atom is 0.330 e. The predicted octanol–water partition coefficient (Wildman–Crippen LogP) is 1.58. The number of ketones is 1. The van der Waals surface area contributed by atoms with Crippen molar-refractivity contribution in [2.75, 3.05) is 0 Å². The fraction of sp³-hybridized carbons (Fsp3) is 0.667. The van der Waals surface area contributed by atoms with E-state index in [4.69, 9.17) is 0 Å². The zero-order valence-electron chi connectivity index (χ0n) is 12.4. The molecule has 1 fully saturated rings. The lowest BCUT2D eigenvalue weighted by Crippen LogP contribution is -2.41. The minimum atomic E-state index is -0.504. The molecule has 1 aromatic rings. The number of carbonyl (C=O) groups is 1. The topological polar surface area (TPSA) is 61.1 Å². The summed E-state index contributed by atoms with van der Waals surface area (Å²) >= 11 is 0. The van der Waals surface area contributed by atoms with Crippen LogP contribution in [0.25, 0.3) is 0 Å².